The first-order valence-electron chi connectivity index (χ1n) is 5.19. The predicted molar refractivity (Wildman–Crippen MR) is 66.0 cm³/mol. The minimum Gasteiger partial charge on any atom is -0.467 e. The Kier molecular flexibility index (Phi) is 3.74. The summed E-state index contributed by atoms with van der Waals surface area (Å²) in [6.45, 7) is 0. The molecule has 2 aromatic rings. The van der Waals surface area contributed by atoms with Crippen molar-refractivity contribution in [3.05, 3.63) is 52.6 Å². The van der Waals surface area contributed by atoms with Crippen LogP contribution in [0, 0.1) is 5.82 Å². The highest BCUT2D eigenvalue weighted by atomic mass is 35.5. The highest BCUT2D eigenvalue weighted by molar-refractivity contribution is 6.31. The Hall–Kier alpha value is -1.72. The highest BCUT2D eigenvalue weighted by Gasteiger charge is 2.15. The lowest BCUT2D eigenvalue weighted by atomic mass is 10.0. The van der Waals surface area contributed by atoms with Gasteiger partial charge in [0.25, 0.3) is 0 Å². The zero-order valence-electron chi connectivity index (χ0n) is 9.60. The van der Waals surface area contributed by atoms with Crippen molar-refractivity contribution >= 4 is 11.6 Å². The number of aromatic nitrogens is 2. The van der Waals surface area contributed by atoms with Gasteiger partial charge in [0, 0.05) is 18.0 Å². The summed E-state index contributed by atoms with van der Waals surface area (Å²) < 4.78 is 18.2. The summed E-state index contributed by atoms with van der Waals surface area (Å²) in [4.78, 5) is 7.89. The van der Waals surface area contributed by atoms with Crippen LogP contribution in [0.2, 0.25) is 5.02 Å². The van der Waals surface area contributed by atoms with E-state index < -0.39 is 11.9 Å². The van der Waals surface area contributed by atoms with Crippen molar-refractivity contribution < 1.29 is 9.13 Å². The van der Waals surface area contributed by atoms with Crippen LogP contribution in [0.1, 0.15) is 17.2 Å². The van der Waals surface area contributed by atoms with Crippen LogP contribution < -0.4 is 10.5 Å². The van der Waals surface area contributed by atoms with E-state index in [2.05, 4.69) is 9.97 Å². The molecule has 1 aromatic heterocycles. The van der Waals surface area contributed by atoms with E-state index in [0.717, 1.165) is 0 Å². The highest BCUT2D eigenvalue weighted by Crippen LogP contribution is 2.28. The molecular weight excluding hydrogens is 257 g/mol. The molecular formula is C12H11ClFN3O. The third kappa shape index (κ3) is 2.42. The number of hydrogen-bond donors (Lipinski definition) is 1. The summed E-state index contributed by atoms with van der Waals surface area (Å²) >= 11 is 5.88. The normalized spacial score (nSPS) is 12.2. The molecule has 94 valence electrons. The number of nitrogens with zero attached hydrogens (tertiary/aromatic N) is 2. The fourth-order valence-electron chi connectivity index (χ4n) is 1.53. The Bertz CT molecular complexity index is 548. The Morgan fingerprint density at radius 1 is 1.33 bits per heavy atom. The van der Waals surface area contributed by atoms with E-state index in [1.165, 1.54) is 25.6 Å². The van der Waals surface area contributed by atoms with Gasteiger partial charge in [0.05, 0.1) is 18.2 Å². The lowest BCUT2D eigenvalue weighted by Crippen LogP contribution is -2.13. The molecule has 6 heteroatoms. The molecule has 1 heterocycles. The van der Waals surface area contributed by atoms with Crippen LogP contribution in [-0.4, -0.2) is 17.1 Å². The smallest absolute Gasteiger partial charge is 0.316 e. The molecule has 0 amide bonds. The molecule has 2 N–H and O–H groups in total. The fraction of sp³-hybridized carbons (Fsp3) is 0.167. The van der Waals surface area contributed by atoms with E-state index in [-0.39, 0.29) is 11.0 Å². The topological polar surface area (TPSA) is 61.0 Å². The van der Waals surface area contributed by atoms with E-state index in [0.29, 0.717) is 11.1 Å². The number of rotatable bonds is 3. The van der Waals surface area contributed by atoms with Gasteiger partial charge in [-0.2, -0.15) is 0 Å². The second-order valence-corrected chi connectivity index (χ2v) is 4.00. The molecule has 0 bridgehead atoms. The van der Waals surface area contributed by atoms with Gasteiger partial charge in [-0.15, -0.1) is 0 Å². The van der Waals surface area contributed by atoms with Crippen molar-refractivity contribution in [2.45, 2.75) is 6.04 Å². The number of ether oxygens (including phenoxy) is 1. The van der Waals surface area contributed by atoms with Crippen molar-refractivity contribution in [1.29, 1.82) is 0 Å². The van der Waals surface area contributed by atoms with E-state index in [9.17, 15) is 4.39 Å². The average molecular weight is 268 g/mol. The summed E-state index contributed by atoms with van der Waals surface area (Å²) in [5.41, 5.74) is 7.12. The minimum atomic E-state index is -0.584. The molecule has 0 aliphatic heterocycles. The zero-order valence-corrected chi connectivity index (χ0v) is 10.4. The van der Waals surface area contributed by atoms with Gasteiger partial charge in [-0.05, 0) is 11.6 Å². The monoisotopic (exact) mass is 267 g/mol. The van der Waals surface area contributed by atoms with Gasteiger partial charge in [-0.3, -0.25) is 0 Å². The third-order valence-corrected chi connectivity index (χ3v) is 2.91. The number of methoxy groups -OCH3 is 1. The molecule has 4 nitrogen and oxygen atoms in total. The van der Waals surface area contributed by atoms with Crippen molar-refractivity contribution in [3.8, 4) is 6.01 Å². The molecule has 0 saturated carbocycles. The van der Waals surface area contributed by atoms with E-state index >= 15 is 0 Å². The van der Waals surface area contributed by atoms with Crippen LogP contribution in [0.4, 0.5) is 4.39 Å². The van der Waals surface area contributed by atoms with Gasteiger partial charge in [0.2, 0.25) is 0 Å². The minimum absolute atomic E-state index is 0.0146. The Morgan fingerprint density at radius 2 is 2.00 bits per heavy atom. The molecule has 0 fully saturated rings. The van der Waals surface area contributed by atoms with Crippen molar-refractivity contribution in [3.63, 3.8) is 0 Å². The Labute approximate surface area is 109 Å². The average Bonchev–Trinajstić information content (AvgIpc) is 2.41. The van der Waals surface area contributed by atoms with Gasteiger partial charge in [-0.1, -0.05) is 23.7 Å². The largest absolute Gasteiger partial charge is 0.467 e. The first-order chi connectivity index (χ1) is 8.63. The molecule has 0 aliphatic carbocycles. The molecule has 2 rings (SSSR count). The summed E-state index contributed by atoms with van der Waals surface area (Å²) in [5, 5.41) is 0.0146. The zero-order chi connectivity index (χ0) is 13.1. The number of nitrogens with two attached hydrogens (primary N) is 1. The number of halogens is 2. The molecule has 0 aliphatic rings. The first kappa shape index (κ1) is 12.7. The molecule has 0 radical (unpaired) electrons. The fourth-order valence-corrected chi connectivity index (χ4v) is 1.78. The summed E-state index contributed by atoms with van der Waals surface area (Å²) in [7, 11) is 1.47. The first-order valence-corrected chi connectivity index (χ1v) is 5.56. The predicted octanol–water partition coefficient (Wildman–Crippen LogP) is 2.33. The lowest BCUT2D eigenvalue weighted by Gasteiger charge is -2.13. The van der Waals surface area contributed by atoms with Gasteiger partial charge in [-0.25, -0.2) is 14.4 Å². The Balaban J connectivity index is 2.35. The van der Waals surface area contributed by atoms with E-state index in [1.54, 1.807) is 12.1 Å². The van der Waals surface area contributed by atoms with Crippen LogP contribution in [0.3, 0.4) is 0 Å². The van der Waals surface area contributed by atoms with Gasteiger partial charge in [0.1, 0.15) is 5.82 Å². The van der Waals surface area contributed by atoms with E-state index in [4.69, 9.17) is 22.1 Å². The maximum atomic E-state index is 13.3. The summed E-state index contributed by atoms with van der Waals surface area (Å²) in [6, 6.07) is 4.17. The number of benzene rings is 1. The van der Waals surface area contributed by atoms with Gasteiger partial charge < -0.3 is 10.5 Å². The second-order valence-electron chi connectivity index (χ2n) is 3.62. The lowest BCUT2D eigenvalue weighted by molar-refractivity contribution is 0.379. The SMILES string of the molecule is COc1ncc(C(N)c2cccc(F)c2Cl)cn1. The number of hydrogen-bond acceptors (Lipinski definition) is 4. The van der Waals surface area contributed by atoms with Crippen LogP contribution >= 0.6 is 11.6 Å². The second kappa shape index (κ2) is 5.29. The maximum Gasteiger partial charge on any atom is 0.316 e. The maximum absolute atomic E-state index is 13.3. The van der Waals surface area contributed by atoms with Crippen molar-refractivity contribution in [2.75, 3.05) is 7.11 Å². The van der Waals surface area contributed by atoms with Gasteiger partial charge >= 0.3 is 6.01 Å². The molecule has 0 saturated heterocycles. The molecule has 1 aromatic carbocycles. The van der Waals surface area contributed by atoms with E-state index in [1.807, 2.05) is 0 Å². The van der Waals surface area contributed by atoms with Crippen molar-refractivity contribution in [1.82, 2.24) is 9.97 Å². The van der Waals surface area contributed by atoms with Crippen LogP contribution in [-0.2, 0) is 0 Å². The van der Waals surface area contributed by atoms with Crippen LogP contribution in [0.25, 0.3) is 0 Å². The molecule has 1 atom stereocenters. The quantitative estimate of drug-likeness (QED) is 0.927. The summed E-state index contributed by atoms with van der Waals surface area (Å²) in [5.74, 6) is -0.501. The van der Waals surface area contributed by atoms with Crippen LogP contribution in [0.5, 0.6) is 6.01 Å². The standard InChI is InChI=1S/C12H11ClFN3O/c1-18-12-16-5-7(6-17-12)11(15)8-3-2-4-9(14)10(8)13/h2-6,11H,15H2,1H3. The van der Waals surface area contributed by atoms with Gasteiger partial charge in [0.15, 0.2) is 0 Å². The molecule has 0 spiro atoms. The summed E-state index contributed by atoms with van der Waals surface area (Å²) in [6.07, 6.45) is 3.05. The van der Waals surface area contributed by atoms with Crippen molar-refractivity contribution in [2.24, 2.45) is 5.73 Å². The third-order valence-electron chi connectivity index (χ3n) is 2.51. The van der Waals surface area contributed by atoms with Crippen LogP contribution in [0.15, 0.2) is 30.6 Å². The Morgan fingerprint density at radius 3 is 2.61 bits per heavy atom. The molecule has 18 heavy (non-hydrogen) atoms. The molecule has 1 unspecified atom stereocenters.